The summed E-state index contributed by atoms with van der Waals surface area (Å²) in [5, 5.41) is 52.2. The first-order chi connectivity index (χ1) is 29.5. The maximum absolute atomic E-state index is 13.9. The fraction of sp³-hybridized carbons (Fsp3) is 0.694. The van der Waals surface area contributed by atoms with E-state index >= 15 is 0 Å². The number of carbonyl (C=O) groups is 9. The Morgan fingerprint density at radius 3 is 1.32 bits per heavy atom. The van der Waals surface area contributed by atoms with Gasteiger partial charge in [-0.2, -0.15) is 0 Å². The summed E-state index contributed by atoms with van der Waals surface area (Å²) in [5.74, 6) is -10.7. The van der Waals surface area contributed by atoms with Crippen molar-refractivity contribution < 1.29 is 63.6 Å². The number of rotatable bonds is 33. The Balaban J connectivity index is 6.41. The zero-order valence-corrected chi connectivity index (χ0v) is 35.5. The van der Waals surface area contributed by atoms with E-state index in [4.69, 9.17) is 44.6 Å². The third-order valence-corrected chi connectivity index (χ3v) is 8.88. The van der Waals surface area contributed by atoms with Crippen molar-refractivity contribution in [1.82, 2.24) is 31.9 Å². The highest BCUT2D eigenvalue weighted by molar-refractivity contribution is 5.97. The average molecular weight is 903 g/mol. The van der Waals surface area contributed by atoms with Crippen LogP contribution in [0.4, 0.5) is 0 Å². The van der Waals surface area contributed by atoms with Crippen LogP contribution in [0.2, 0.25) is 0 Å². The molecule has 0 bridgehead atoms. The first kappa shape index (κ1) is 56.6. The van der Waals surface area contributed by atoms with Crippen LogP contribution in [0, 0.1) is 5.92 Å². The molecule has 0 aliphatic heterocycles. The van der Waals surface area contributed by atoms with Crippen molar-refractivity contribution in [2.75, 3.05) is 26.2 Å². The smallest absolute Gasteiger partial charge is 0.326 e. The molecule has 0 saturated carbocycles. The number of carboxylic acids is 3. The van der Waals surface area contributed by atoms with E-state index in [9.17, 15) is 53.4 Å². The van der Waals surface area contributed by atoms with Crippen molar-refractivity contribution in [3.8, 4) is 0 Å². The number of carboxylic acid groups (broad SMARTS) is 3. The van der Waals surface area contributed by atoms with Gasteiger partial charge in [0.15, 0.2) is 11.9 Å². The van der Waals surface area contributed by atoms with Crippen LogP contribution in [0.1, 0.15) is 84.5 Å². The molecule has 0 aliphatic carbocycles. The normalized spacial score (nSPS) is 14.2. The number of unbranched alkanes of at least 4 members (excludes halogenated alkanes) is 1. The van der Waals surface area contributed by atoms with E-state index in [1.807, 2.05) is 0 Å². The molecule has 0 heterocycles. The SMILES string of the molecule is CC(C)C[C@H](NC(=O)[C@H](CCCCN)NC(=O)[C@H](CO)NC(=O)[C@H](CCCN=C(N)N)NC(=O)[C@@H](N)CC(=O)O)C(=O)N[C@@H](CCCN=C(N)N)C(=O)N[C@@H](CCC(=O)O)C(=O)O. The maximum atomic E-state index is 13.9. The highest BCUT2D eigenvalue weighted by atomic mass is 16.4. The highest BCUT2D eigenvalue weighted by Crippen LogP contribution is 2.11. The monoisotopic (exact) mass is 902 g/mol. The van der Waals surface area contributed by atoms with E-state index in [1.165, 1.54) is 0 Å². The molecule has 27 nitrogen and oxygen atoms in total. The van der Waals surface area contributed by atoms with Crippen molar-refractivity contribution in [2.24, 2.45) is 50.3 Å². The third-order valence-electron chi connectivity index (χ3n) is 8.88. The minimum absolute atomic E-state index is 0.00147. The van der Waals surface area contributed by atoms with Gasteiger partial charge in [0.05, 0.1) is 19.1 Å². The van der Waals surface area contributed by atoms with Crippen LogP contribution in [-0.2, 0) is 43.2 Å². The number of nitrogens with zero attached hydrogens (tertiary/aromatic N) is 2. The second kappa shape index (κ2) is 30.6. The van der Waals surface area contributed by atoms with Crippen molar-refractivity contribution in [3.05, 3.63) is 0 Å². The number of amides is 6. The van der Waals surface area contributed by atoms with Gasteiger partial charge in [0.25, 0.3) is 0 Å². The number of aliphatic hydroxyl groups is 1. The summed E-state index contributed by atoms with van der Waals surface area (Å²) in [4.78, 5) is 122. The van der Waals surface area contributed by atoms with Gasteiger partial charge in [-0.05, 0) is 70.3 Å². The Morgan fingerprint density at radius 1 is 0.524 bits per heavy atom. The van der Waals surface area contributed by atoms with Crippen LogP contribution in [-0.4, -0.2) is 154 Å². The Labute approximate surface area is 363 Å². The summed E-state index contributed by atoms with van der Waals surface area (Å²) in [6.07, 6.45) is -1.16. The molecule has 0 aromatic carbocycles. The molecule has 0 unspecified atom stereocenters. The summed E-state index contributed by atoms with van der Waals surface area (Å²) < 4.78 is 0. The molecule has 0 rings (SSSR count). The lowest BCUT2D eigenvalue weighted by Gasteiger charge is -2.28. The van der Waals surface area contributed by atoms with E-state index < -0.39 is 122 Å². The van der Waals surface area contributed by atoms with Crippen molar-refractivity contribution >= 4 is 65.3 Å². The summed E-state index contributed by atoms with van der Waals surface area (Å²) in [6, 6.07) is -10.4. The molecule has 0 saturated heterocycles. The predicted octanol–water partition coefficient (Wildman–Crippen LogP) is -6.08. The number of aliphatic carboxylic acids is 3. The van der Waals surface area contributed by atoms with Crippen LogP contribution in [0.25, 0.3) is 0 Å². The molecule has 63 heavy (non-hydrogen) atoms. The summed E-state index contributed by atoms with van der Waals surface area (Å²) in [5.41, 5.74) is 32.7. The molecule has 0 aromatic rings. The van der Waals surface area contributed by atoms with Crippen LogP contribution in [0.5, 0.6) is 0 Å². The minimum Gasteiger partial charge on any atom is -0.481 e. The van der Waals surface area contributed by atoms with E-state index in [0.29, 0.717) is 6.42 Å². The fourth-order valence-corrected chi connectivity index (χ4v) is 5.65. The Bertz CT molecular complexity index is 1610. The van der Waals surface area contributed by atoms with Crippen molar-refractivity contribution in [2.45, 2.75) is 127 Å². The number of nitrogens with one attached hydrogen (secondary N) is 6. The van der Waals surface area contributed by atoms with Gasteiger partial charge < -0.3 is 86.7 Å². The number of nitrogens with two attached hydrogens (primary N) is 6. The lowest BCUT2D eigenvalue weighted by Crippen LogP contribution is -2.60. The van der Waals surface area contributed by atoms with Crippen LogP contribution < -0.4 is 66.3 Å². The maximum Gasteiger partial charge on any atom is 0.326 e. The first-order valence-electron chi connectivity index (χ1n) is 20.2. The van der Waals surface area contributed by atoms with Gasteiger partial charge in [-0.25, -0.2) is 4.79 Å². The minimum atomic E-state index is -1.70. The summed E-state index contributed by atoms with van der Waals surface area (Å²) in [7, 11) is 0. The zero-order chi connectivity index (χ0) is 48.2. The molecule has 358 valence electrons. The molecule has 0 spiro atoms. The quantitative estimate of drug-likeness (QED) is 0.0166. The van der Waals surface area contributed by atoms with Crippen LogP contribution in [0.3, 0.4) is 0 Å². The van der Waals surface area contributed by atoms with Crippen LogP contribution in [0.15, 0.2) is 9.98 Å². The largest absolute Gasteiger partial charge is 0.481 e. The summed E-state index contributed by atoms with van der Waals surface area (Å²) >= 11 is 0. The molecule has 0 radical (unpaired) electrons. The predicted molar refractivity (Wildman–Crippen MR) is 226 cm³/mol. The lowest BCUT2D eigenvalue weighted by atomic mass is 10.0. The fourth-order valence-electron chi connectivity index (χ4n) is 5.65. The first-order valence-corrected chi connectivity index (χ1v) is 20.2. The highest BCUT2D eigenvalue weighted by Gasteiger charge is 2.34. The topological polar surface area (TPSA) is 488 Å². The van der Waals surface area contributed by atoms with E-state index in [2.05, 4.69) is 41.9 Å². The zero-order valence-electron chi connectivity index (χ0n) is 35.5. The molecule has 0 fully saturated rings. The van der Waals surface area contributed by atoms with Gasteiger partial charge in [-0.15, -0.1) is 0 Å². The molecule has 0 aromatic heterocycles. The van der Waals surface area contributed by atoms with E-state index in [-0.39, 0.29) is 82.4 Å². The number of aliphatic hydroxyl groups excluding tert-OH is 1. The van der Waals surface area contributed by atoms with Crippen molar-refractivity contribution in [3.63, 3.8) is 0 Å². The van der Waals surface area contributed by atoms with Gasteiger partial charge in [0.1, 0.15) is 36.3 Å². The summed E-state index contributed by atoms with van der Waals surface area (Å²) in [6.45, 7) is 2.73. The number of guanidine groups is 2. The number of hydrogen-bond donors (Lipinski definition) is 16. The lowest BCUT2D eigenvalue weighted by molar-refractivity contribution is -0.143. The van der Waals surface area contributed by atoms with Gasteiger partial charge in [0.2, 0.25) is 35.4 Å². The average Bonchev–Trinajstić information content (AvgIpc) is 3.18. The van der Waals surface area contributed by atoms with Gasteiger partial charge >= 0.3 is 17.9 Å². The van der Waals surface area contributed by atoms with Gasteiger partial charge in [-0.1, -0.05) is 13.8 Å². The van der Waals surface area contributed by atoms with E-state index in [0.717, 1.165) is 0 Å². The molecule has 6 amide bonds. The number of carbonyl (C=O) groups excluding carboxylic acids is 6. The number of aliphatic imine (C=N–C) groups is 2. The van der Waals surface area contributed by atoms with Crippen molar-refractivity contribution in [1.29, 1.82) is 0 Å². The Hall–Kier alpha value is -6.35. The Kier molecular flexibility index (Phi) is 27.6. The van der Waals surface area contributed by atoms with E-state index in [1.54, 1.807) is 13.8 Å². The molecule has 0 aliphatic rings. The molecule has 7 atom stereocenters. The molecule has 22 N–H and O–H groups in total. The Morgan fingerprint density at radius 2 is 0.921 bits per heavy atom. The molecule has 27 heteroatoms. The number of hydrogen-bond acceptors (Lipinski definition) is 14. The second-order valence-electron chi connectivity index (χ2n) is 14.8. The molecular weight excluding hydrogens is 836 g/mol. The van der Waals surface area contributed by atoms with Gasteiger partial charge in [0, 0.05) is 19.5 Å². The molecular formula is C36H66N14O13. The standard InChI is InChI=1S/C36H66N14O13/c1-18(2)15-24(32(60)46-22(9-6-14-44-36(41)42)29(57)48-23(34(62)63)10-11-26(52)53)49-30(58)20(7-3-4-12-37)47-33(61)25(17-51)50-31(59)21(8-5-13-43-35(39)40)45-28(56)19(38)16-27(54)55/h18-25,51H,3-17,37-38H2,1-2H3,(H,45,56)(H,46,60)(H,47,61)(H,48,57)(H,49,58)(H,50,59)(H,52,53)(H,54,55)(H,62,63)(H4,39,40,43)(H4,41,42,44)/t19-,20-,21-,22-,23-,24-,25-/m0/s1. The van der Waals surface area contributed by atoms with Crippen LogP contribution >= 0.6 is 0 Å². The van der Waals surface area contributed by atoms with Gasteiger partial charge in [-0.3, -0.25) is 48.3 Å². The third kappa shape index (κ3) is 25.2. The second-order valence-corrected chi connectivity index (χ2v) is 14.8.